The summed E-state index contributed by atoms with van der Waals surface area (Å²) in [5.74, 6) is -1.12. The molecule has 0 radical (unpaired) electrons. The van der Waals surface area contributed by atoms with Gasteiger partial charge in [-0.2, -0.15) is 0 Å². The van der Waals surface area contributed by atoms with E-state index < -0.39 is 11.6 Å². The van der Waals surface area contributed by atoms with Gasteiger partial charge in [0.15, 0.2) is 5.65 Å². The summed E-state index contributed by atoms with van der Waals surface area (Å²) in [7, 11) is 0. The van der Waals surface area contributed by atoms with E-state index >= 15 is 0 Å². The fourth-order valence-electron chi connectivity index (χ4n) is 2.71. The van der Waals surface area contributed by atoms with Crippen molar-refractivity contribution < 1.29 is 13.6 Å². The molecule has 0 bridgehead atoms. The lowest BCUT2D eigenvalue weighted by Crippen LogP contribution is -2.32. The minimum atomic E-state index is -0.481. The number of fused-ring (bicyclic) bond motifs is 1. The summed E-state index contributed by atoms with van der Waals surface area (Å²) < 4.78 is 28.4. The number of halogens is 2. The van der Waals surface area contributed by atoms with Crippen LogP contribution in [0.2, 0.25) is 0 Å². The Hall–Kier alpha value is -3.53. The maximum atomic E-state index is 13.1. The topological polar surface area (TPSA) is 81.3 Å². The lowest BCUT2D eigenvalue weighted by Gasteiger charge is -2.04. The van der Waals surface area contributed by atoms with Crippen LogP contribution in [0.3, 0.4) is 0 Å². The number of amides is 1. The van der Waals surface area contributed by atoms with Crippen LogP contribution >= 0.6 is 11.8 Å². The Morgan fingerprint density at radius 3 is 2.40 bits per heavy atom. The number of carbonyl (C=O) groups excluding carboxylic acids is 1. The molecule has 1 amide bonds. The van der Waals surface area contributed by atoms with Gasteiger partial charge in [-0.3, -0.25) is 4.79 Å². The number of benzene rings is 2. The van der Waals surface area contributed by atoms with Gasteiger partial charge < -0.3 is 5.32 Å². The Balaban J connectivity index is 1.51. The molecule has 0 aliphatic rings. The van der Waals surface area contributed by atoms with Crippen molar-refractivity contribution >= 4 is 23.3 Å². The van der Waals surface area contributed by atoms with E-state index in [2.05, 4.69) is 15.4 Å². The highest BCUT2D eigenvalue weighted by Gasteiger charge is 2.15. The maximum Gasteiger partial charge on any atom is 0.350 e. The molecule has 0 aliphatic heterocycles. The molecule has 4 aromatic rings. The van der Waals surface area contributed by atoms with Crippen molar-refractivity contribution in [2.45, 2.75) is 23.0 Å². The summed E-state index contributed by atoms with van der Waals surface area (Å²) in [5.41, 5.74) is 0.544. The molecule has 0 saturated heterocycles. The maximum absolute atomic E-state index is 13.1. The molecule has 0 atom stereocenters. The summed E-state index contributed by atoms with van der Waals surface area (Å²) in [5, 5.41) is 7.35. The predicted molar refractivity (Wildman–Crippen MR) is 106 cm³/mol. The van der Waals surface area contributed by atoms with Gasteiger partial charge in [0.25, 0.3) is 0 Å². The first kappa shape index (κ1) is 19.8. The molecule has 2 aromatic heterocycles. The summed E-state index contributed by atoms with van der Waals surface area (Å²) in [4.78, 5) is 29.8. The predicted octanol–water partition coefficient (Wildman–Crippen LogP) is 2.64. The molecule has 0 aliphatic carbocycles. The van der Waals surface area contributed by atoms with E-state index in [9.17, 15) is 18.4 Å². The number of hydrogen-bond acceptors (Lipinski definition) is 5. The van der Waals surface area contributed by atoms with Crippen molar-refractivity contribution in [3.63, 3.8) is 0 Å². The fourth-order valence-corrected chi connectivity index (χ4v) is 3.55. The van der Waals surface area contributed by atoms with Crippen LogP contribution < -0.4 is 11.0 Å². The number of hydrogen-bond donors (Lipinski definition) is 1. The van der Waals surface area contributed by atoms with Gasteiger partial charge in [0.05, 0.1) is 0 Å². The molecule has 1 N–H and O–H groups in total. The van der Waals surface area contributed by atoms with Gasteiger partial charge >= 0.3 is 5.69 Å². The molecule has 10 heteroatoms. The van der Waals surface area contributed by atoms with Crippen molar-refractivity contribution in [3.8, 4) is 0 Å². The van der Waals surface area contributed by atoms with Crippen LogP contribution in [0, 0.1) is 11.6 Å². The molecule has 0 unspecified atom stereocenters. The highest BCUT2D eigenvalue weighted by Crippen LogP contribution is 2.27. The number of aromatic nitrogens is 4. The normalized spacial score (nSPS) is 11.0. The van der Waals surface area contributed by atoms with Gasteiger partial charge in [-0.25, -0.2) is 27.6 Å². The third kappa shape index (κ3) is 4.38. The van der Waals surface area contributed by atoms with Crippen LogP contribution in [0.1, 0.15) is 5.56 Å². The molecule has 4 rings (SSSR count). The Labute approximate surface area is 173 Å². The molecular weight excluding hydrogens is 412 g/mol. The Bertz CT molecular complexity index is 1250. The van der Waals surface area contributed by atoms with Crippen molar-refractivity contribution in [1.82, 2.24) is 24.5 Å². The zero-order valence-corrected chi connectivity index (χ0v) is 16.3. The van der Waals surface area contributed by atoms with Gasteiger partial charge in [-0.1, -0.05) is 23.9 Å². The summed E-state index contributed by atoms with van der Waals surface area (Å²) in [6.45, 7) is -0.0726. The Morgan fingerprint density at radius 2 is 1.70 bits per heavy atom. The van der Waals surface area contributed by atoms with E-state index in [4.69, 9.17) is 0 Å². The van der Waals surface area contributed by atoms with E-state index in [-0.39, 0.29) is 24.7 Å². The van der Waals surface area contributed by atoms with E-state index in [0.29, 0.717) is 10.7 Å². The SMILES string of the molecule is O=C(Cn1nc2c(Sc3ccc(F)cc3)nccn2c1=O)NCc1ccc(F)cc1. The van der Waals surface area contributed by atoms with Crippen LogP contribution in [0.15, 0.2) is 75.6 Å². The molecule has 2 aromatic carbocycles. The first-order valence-corrected chi connectivity index (χ1v) is 9.70. The van der Waals surface area contributed by atoms with E-state index in [1.54, 1.807) is 24.3 Å². The fraction of sp³-hybridized carbons (Fsp3) is 0.100. The molecular formula is C20H15F2N5O2S. The number of nitrogens with zero attached hydrogens (tertiary/aromatic N) is 4. The standard InChI is InChI=1S/C20H15F2N5O2S/c21-14-3-1-13(2-4-14)11-24-17(28)12-27-20(29)26-10-9-23-19(18(26)25-27)30-16-7-5-15(22)6-8-16/h1-10H,11-12H2,(H,24,28). The molecule has 0 saturated carbocycles. The monoisotopic (exact) mass is 427 g/mol. The first-order valence-electron chi connectivity index (χ1n) is 8.88. The van der Waals surface area contributed by atoms with Crippen molar-refractivity contribution in [3.05, 3.63) is 88.6 Å². The first-order chi connectivity index (χ1) is 14.5. The molecule has 7 nitrogen and oxygen atoms in total. The summed E-state index contributed by atoms with van der Waals surface area (Å²) >= 11 is 1.23. The van der Waals surface area contributed by atoms with Gasteiger partial charge in [-0.05, 0) is 42.0 Å². The number of rotatable bonds is 6. The highest BCUT2D eigenvalue weighted by atomic mass is 32.2. The van der Waals surface area contributed by atoms with Gasteiger partial charge in [-0.15, -0.1) is 5.10 Å². The number of nitrogens with one attached hydrogen (secondary N) is 1. The molecule has 0 fully saturated rings. The summed E-state index contributed by atoms with van der Waals surface area (Å²) in [6.07, 6.45) is 2.92. The molecule has 30 heavy (non-hydrogen) atoms. The molecule has 2 heterocycles. The van der Waals surface area contributed by atoms with Crippen molar-refractivity contribution in [1.29, 1.82) is 0 Å². The average molecular weight is 427 g/mol. The van der Waals surface area contributed by atoms with Gasteiger partial charge in [0, 0.05) is 23.8 Å². The lowest BCUT2D eigenvalue weighted by atomic mass is 10.2. The second-order valence-electron chi connectivity index (χ2n) is 6.33. The second-order valence-corrected chi connectivity index (χ2v) is 7.39. The minimum absolute atomic E-state index is 0.203. The highest BCUT2D eigenvalue weighted by molar-refractivity contribution is 7.99. The van der Waals surface area contributed by atoms with E-state index in [1.807, 2.05) is 0 Å². The van der Waals surface area contributed by atoms with Crippen LogP contribution in [0.25, 0.3) is 5.65 Å². The minimum Gasteiger partial charge on any atom is -0.350 e. The molecule has 0 spiro atoms. The van der Waals surface area contributed by atoms with Crippen LogP contribution in [0.5, 0.6) is 0 Å². The van der Waals surface area contributed by atoms with Crippen LogP contribution in [-0.2, 0) is 17.9 Å². The average Bonchev–Trinajstić information content (AvgIpc) is 3.06. The largest absolute Gasteiger partial charge is 0.350 e. The zero-order chi connectivity index (χ0) is 21.1. The van der Waals surface area contributed by atoms with Gasteiger partial charge in [0.1, 0.15) is 23.2 Å². The number of carbonyl (C=O) groups is 1. The Kier molecular flexibility index (Phi) is 5.57. The van der Waals surface area contributed by atoms with Crippen molar-refractivity contribution in [2.24, 2.45) is 0 Å². The third-order valence-electron chi connectivity index (χ3n) is 4.19. The van der Waals surface area contributed by atoms with Gasteiger partial charge in [0.2, 0.25) is 5.91 Å². The molecule has 152 valence electrons. The smallest absolute Gasteiger partial charge is 0.350 e. The van der Waals surface area contributed by atoms with E-state index in [1.165, 1.54) is 52.8 Å². The third-order valence-corrected chi connectivity index (χ3v) is 5.18. The quantitative estimate of drug-likeness (QED) is 0.512. The van der Waals surface area contributed by atoms with Crippen LogP contribution in [-0.4, -0.2) is 25.1 Å². The lowest BCUT2D eigenvalue weighted by molar-refractivity contribution is -0.122. The van der Waals surface area contributed by atoms with Crippen molar-refractivity contribution in [2.75, 3.05) is 0 Å². The van der Waals surface area contributed by atoms with Crippen LogP contribution in [0.4, 0.5) is 8.78 Å². The second kappa shape index (κ2) is 8.46. The van der Waals surface area contributed by atoms with E-state index in [0.717, 1.165) is 15.1 Å². The zero-order valence-electron chi connectivity index (χ0n) is 15.5. The Morgan fingerprint density at radius 1 is 1.03 bits per heavy atom. The summed E-state index contributed by atoms with van der Waals surface area (Å²) in [6, 6.07) is 11.6.